The largest absolute Gasteiger partial charge is 0.389 e. The molecule has 0 radical (unpaired) electrons. The lowest BCUT2D eigenvalue weighted by molar-refractivity contribution is 0.0762. The van der Waals surface area contributed by atoms with Crippen LogP contribution in [0.15, 0.2) is 31.8 Å². The number of benzene rings is 1. The second kappa shape index (κ2) is 4.20. The fourth-order valence-corrected chi connectivity index (χ4v) is 4.55. The monoisotopic (exact) mass is 299 g/mol. The van der Waals surface area contributed by atoms with E-state index in [2.05, 4.69) is 8.73 Å². The molecule has 1 unspecified atom stereocenters. The van der Waals surface area contributed by atoms with Gasteiger partial charge in [0.25, 0.3) is 0 Å². The lowest BCUT2D eigenvalue weighted by Gasteiger charge is -2.19. The van der Waals surface area contributed by atoms with Crippen LogP contribution in [0.2, 0.25) is 0 Å². The molecule has 1 saturated heterocycles. The smallest absolute Gasteiger partial charge is 0.245 e. The Kier molecular flexibility index (Phi) is 2.86. The molecule has 2 aliphatic rings. The van der Waals surface area contributed by atoms with E-state index in [0.29, 0.717) is 24.3 Å². The molecule has 0 amide bonds. The topological polar surface area (TPSA) is 82.3 Å². The van der Waals surface area contributed by atoms with Crippen LogP contribution in [0.25, 0.3) is 0 Å². The number of hydrogen-bond acceptors (Lipinski definition) is 5. The van der Waals surface area contributed by atoms with Gasteiger partial charge in [-0.1, -0.05) is 6.07 Å². The maximum absolute atomic E-state index is 12.6. The number of aliphatic hydroxyl groups is 1. The van der Waals surface area contributed by atoms with E-state index in [1.165, 1.54) is 10.4 Å². The Morgan fingerprint density at radius 2 is 2.21 bits per heavy atom. The molecule has 1 atom stereocenters. The van der Waals surface area contributed by atoms with Crippen LogP contribution in [0.3, 0.4) is 0 Å². The summed E-state index contributed by atoms with van der Waals surface area (Å²) in [6, 6.07) is 4.93. The third-order valence-corrected chi connectivity index (χ3v) is 5.70. The molecule has 0 bridgehead atoms. The average molecular weight is 299 g/mol. The normalized spacial score (nSPS) is 26.4. The first-order chi connectivity index (χ1) is 8.90. The zero-order valence-corrected chi connectivity index (χ0v) is 11.9. The quantitative estimate of drug-likeness (QED) is 0.913. The molecule has 1 fully saturated rings. The number of rotatable bonds is 2. The molecule has 1 aromatic carbocycles. The summed E-state index contributed by atoms with van der Waals surface area (Å²) in [5.74, 6) is 0. The molecule has 6 nitrogen and oxygen atoms in total. The van der Waals surface area contributed by atoms with Crippen molar-refractivity contribution >= 4 is 32.8 Å². The summed E-state index contributed by atoms with van der Waals surface area (Å²) in [6.45, 7) is 2.08. The standard InChI is InChI=1S/C11H13N3O3S2/c1-11(15)5-6-14(7-11)19(16,17)9-4-2-3-8-10(9)13-18-12-8/h2-4,15H,5-7H2,1H3. The van der Waals surface area contributed by atoms with E-state index in [4.69, 9.17) is 0 Å². The Bertz CT molecular complexity index is 706. The third-order valence-electron chi connectivity index (χ3n) is 3.28. The van der Waals surface area contributed by atoms with Gasteiger partial charge in [0.05, 0.1) is 17.0 Å². The van der Waals surface area contributed by atoms with Gasteiger partial charge < -0.3 is 5.11 Å². The molecule has 0 spiro atoms. The number of sulfonamides is 1. The van der Waals surface area contributed by atoms with E-state index in [-0.39, 0.29) is 11.4 Å². The lowest BCUT2D eigenvalue weighted by Crippen LogP contribution is -2.33. The first kappa shape index (κ1) is 12.9. The molecule has 8 heteroatoms. The van der Waals surface area contributed by atoms with Crippen molar-refractivity contribution in [1.82, 2.24) is 4.31 Å². The highest BCUT2D eigenvalue weighted by molar-refractivity contribution is 7.89. The first-order valence-corrected chi connectivity index (χ1v) is 8.01. The fraction of sp³-hybridized carbons (Fsp3) is 0.455. The SMILES string of the molecule is CC1(O)CCN(S(=O)(=O)c2cccc3c2N=S=N3)C1. The van der Waals surface area contributed by atoms with Crippen molar-refractivity contribution in [1.29, 1.82) is 0 Å². The predicted octanol–water partition coefficient (Wildman–Crippen LogP) is 1.56. The third kappa shape index (κ3) is 2.14. The molecule has 3 rings (SSSR count). The number of nitrogens with zero attached hydrogens (tertiary/aromatic N) is 3. The minimum atomic E-state index is -3.63. The van der Waals surface area contributed by atoms with Gasteiger partial charge >= 0.3 is 0 Å². The lowest BCUT2D eigenvalue weighted by atomic mass is 10.1. The highest BCUT2D eigenvalue weighted by atomic mass is 32.2. The van der Waals surface area contributed by atoms with Crippen molar-refractivity contribution in [3.8, 4) is 0 Å². The van der Waals surface area contributed by atoms with Crippen molar-refractivity contribution in [3.63, 3.8) is 0 Å². The van der Waals surface area contributed by atoms with Gasteiger partial charge in [0.1, 0.15) is 16.3 Å². The van der Waals surface area contributed by atoms with Crippen molar-refractivity contribution < 1.29 is 13.5 Å². The Morgan fingerprint density at radius 1 is 1.42 bits per heavy atom. The zero-order chi connectivity index (χ0) is 13.7. The molecule has 1 N–H and O–H groups in total. The van der Waals surface area contributed by atoms with Crippen molar-refractivity contribution in [2.45, 2.75) is 23.8 Å². The summed E-state index contributed by atoms with van der Waals surface area (Å²) in [6.07, 6.45) is 0.442. The maximum atomic E-state index is 12.6. The van der Waals surface area contributed by atoms with Crippen LogP contribution >= 0.6 is 0 Å². The van der Waals surface area contributed by atoms with Gasteiger partial charge in [-0.05, 0) is 25.5 Å². The molecule has 2 aliphatic heterocycles. The number of hydrogen-bond donors (Lipinski definition) is 1. The second-order valence-electron chi connectivity index (χ2n) is 4.97. The van der Waals surface area contributed by atoms with Gasteiger partial charge in [0.2, 0.25) is 10.0 Å². The second-order valence-corrected chi connectivity index (χ2v) is 7.41. The van der Waals surface area contributed by atoms with E-state index in [1.807, 2.05) is 0 Å². The molecular formula is C11H13N3O3S2. The zero-order valence-electron chi connectivity index (χ0n) is 10.3. The predicted molar refractivity (Wildman–Crippen MR) is 72.0 cm³/mol. The van der Waals surface area contributed by atoms with Gasteiger partial charge in [-0.2, -0.15) is 13.0 Å². The van der Waals surface area contributed by atoms with E-state index in [0.717, 1.165) is 11.4 Å². The fourth-order valence-electron chi connectivity index (χ4n) is 2.24. The molecule has 1 aromatic rings. The molecule has 19 heavy (non-hydrogen) atoms. The Morgan fingerprint density at radius 3 is 2.89 bits per heavy atom. The summed E-state index contributed by atoms with van der Waals surface area (Å²) in [7, 11) is -3.63. The van der Waals surface area contributed by atoms with E-state index >= 15 is 0 Å². The van der Waals surface area contributed by atoms with E-state index < -0.39 is 15.6 Å². The summed E-state index contributed by atoms with van der Waals surface area (Å²) in [5, 5.41) is 9.92. The van der Waals surface area contributed by atoms with Crippen molar-refractivity contribution in [2.75, 3.05) is 13.1 Å². The molecule has 0 aromatic heterocycles. The van der Waals surface area contributed by atoms with Crippen LogP contribution in [0.1, 0.15) is 13.3 Å². The Balaban J connectivity index is 2.03. The molecular weight excluding hydrogens is 286 g/mol. The van der Waals surface area contributed by atoms with Gasteiger partial charge in [0.15, 0.2) is 0 Å². The molecule has 0 aliphatic carbocycles. The van der Waals surface area contributed by atoms with Crippen LogP contribution in [0, 0.1) is 0 Å². The van der Waals surface area contributed by atoms with Crippen molar-refractivity contribution in [3.05, 3.63) is 18.2 Å². The minimum Gasteiger partial charge on any atom is -0.389 e. The number of fused-ring (bicyclic) bond motifs is 1. The van der Waals surface area contributed by atoms with E-state index in [1.54, 1.807) is 19.1 Å². The molecule has 0 saturated carbocycles. The van der Waals surface area contributed by atoms with Gasteiger partial charge in [0, 0.05) is 13.1 Å². The van der Waals surface area contributed by atoms with Crippen LogP contribution in [0.4, 0.5) is 11.4 Å². The summed E-state index contributed by atoms with van der Waals surface area (Å²) in [5.41, 5.74) is 0.0254. The molecule has 2 heterocycles. The van der Waals surface area contributed by atoms with Crippen LogP contribution < -0.4 is 0 Å². The van der Waals surface area contributed by atoms with Gasteiger partial charge in [-0.3, -0.25) is 0 Å². The van der Waals surface area contributed by atoms with Gasteiger partial charge in [-0.25, -0.2) is 8.42 Å². The van der Waals surface area contributed by atoms with E-state index in [9.17, 15) is 13.5 Å². The summed E-state index contributed by atoms with van der Waals surface area (Å²) < 4.78 is 34.6. The van der Waals surface area contributed by atoms with Crippen molar-refractivity contribution in [2.24, 2.45) is 8.73 Å². The Hall–Kier alpha value is -1.09. The van der Waals surface area contributed by atoms with Gasteiger partial charge in [-0.15, -0.1) is 0 Å². The highest BCUT2D eigenvalue weighted by Crippen LogP contribution is 2.39. The first-order valence-electron chi connectivity index (χ1n) is 5.84. The Labute approximate surface area is 115 Å². The maximum Gasteiger partial charge on any atom is 0.245 e. The highest BCUT2D eigenvalue weighted by Gasteiger charge is 2.39. The number of β-amino-alcohol motifs (C(OH)–C–C–N with tert-alkyl or cyclic N) is 1. The molecule has 102 valence electrons. The van der Waals surface area contributed by atoms with Crippen LogP contribution in [-0.2, 0) is 21.4 Å². The minimum absolute atomic E-state index is 0.114. The van der Waals surface area contributed by atoms with Crippen LogP contribution in [-0.4, -0.2) is 36.5 Å². The summed E-state index contributed by atoms with van der Waals surface area (Å²) >= 11 is 0.993. The average Bonchev–Trinajstić information content (AvgIpc) is 2.94. The van der Waals surface area contributed by atoms with Crippen LogP contribution in [0.5, 0.6) is 0 Å². The summed E-state index contributed by atoms with van der Waals surface area (Å²) in [4.78, 5) is 0.163.